The summed E-state index contributed by atoms with van der Waals surface area (Å²) in [6.45, 7) is 7.70. The van der Waals surface area contributed by atoms with Gasteiger partial charge in [0, 0.05) is 16.0 Å². The van der Waals surface area contributed by atoms with Gasteiger partial charge >= 0.3 is 5.97 Å². The lowest BCUT2D eigenvalue weighted by molar-refractivity contribution is -0.150. The summed E-state index contributed by atoms with van der Waals surface area (Å²) in [5, 5.41) is 4.96. The molecule has 2 atom stereocenters. The predicted octanol–water partition coefficient (Wildman–Crippen LogP) is 4.89. The van der Waals surface area contributed by atoms with Crippen molar-refractivity contribution in [3.8, 4) is 5.75 Å². The lowest BCUT2D eigenvalue weighted by Gasteiger charge is -2.16. The summed E-state index contributed by atoms with van der Waals surface area (Å²) in [6.07, 6.45) is 1.58. The van der Waals surface area contributed by atoms with Gasteiger partial charge in [-0.15, -0.1) is 0 Å². The van der Waals surface area contributed by atoms with Crippen LogP contribution in [0.25, 0.3) is 10.9 Å². The predicted molar refractivity (Wildman–Crippen MR) is 129 cm³/mol. The molecule has 3 rings (SSSR count). The van der Waals surface area contributed by atoms with Gasteiger partial charge in [0.1, 0.15) is 11.6 Å². The number of hydrogen-bond acceptors (Lipinski definition) is 6. The molecule has 1 aromatic heterocycles. The third kappa shape index (κ3) is 5.24. The van der Waals surface area contributed by atoms with Crippen LogP contribution >= 0.6 is 15.9 Å². The van der Waals surface area contributed by atoms with E-state index >= 15 is 0 Å². The largest absolute Gasteiger partial charge is 0.478 e. The Morgan fingerprint density at radius 2 is 1.97 bits per heavy atom. The highest BCUT2D eigenvalue weighted by molar-refractivity contribution is 9.10. The van der Waals surface area contributed by atoms with Crippen molar-refractivity contribution in [2.75, 3.05) is 6.61 Å². The van der Waals surface area contributed by atoms with Crippen LogP contribution in [0.3, 0.4) is 0 Å². The van der Waals surface area contributed by atoms with Gasteiger partial charge in [0.05, 0.1) is 23.7 Å². The van der Waals surface area contributed by atoms with E-state index in [2.05, 4.69) is 21.0 Å². The van der Waals surface area contributed by atoms with E-state index in [1.807, 2.05) is 32.0 Å². The third-order valence-corrected chi connectivity index (χ3v) is 5.53. The Balaban J connectivity index is 2.04. The zero-order chi connectivity index (χ0) is 23.3. The molecule has 0 aliphatic heterocycles. The van der Waals surface area contributed by atoms with Crippen molar-refractivity contribution in [3.63, 3.8) is 0 Å². The summed E-state index contributed by atoms with van der Waals surface area (Å²) >= 11 is 3.41. The first kappa shape index (κ1) is 23.7. The zero-order valence-electron chi connectivity index (χ0n) is 18.5. The van der Waals surface area contributed by atoms with E-state index in [1.54, 1.807) is 44.3 Å². The van der Waals surface area contributed by atoms with Gasteiger partial charge in [0.25, 0.3) is 5.56 Å². The molecule has 0 aliphatic carbocycles. The van der Waals surface area contributed by atoms with E-state index in [0.717, 1.165) is 10.9 Å². The van der Waals surface area contributed by atoms with E-state index in [9.17, 15) is 9.59 Å². The Kier molecular flexibility index (Phi) is 7.80. The molecule has 8 heteroatoms. The average molecular weight is 500 g/mol. The molecule has 0 saturated carbocycles. The van der Waals surface area contributed by atoms with Crippen molar-refractivity contribution in [1.29, 1.82) is 0 Å². The van der Waals surface area contributed by atoms with Gasteiger partial charge in [-0.3, -0.25) is 4.79 Å². The number of hydrogen-bond donors (Lipinski definition) is 0. The second-order valence-electron chi connectivity index (χ2n) is 7.35. The molecule has 32 heavy (non-hydrogen) atoms. The van der Waals surface area contributed by atoms with E-state index < -0.39 is 12.1 Å². The topological polar surface area (TPSA) is 82.8 Å². The fourth-order valence-corrected chi connectivity index (χ4v) is 3.45. The van der Waals surface area contributed by atoms with E-state index in [0.29, 0.717) is 28.0 Å². The normalized spacial score (nSPS) is 13.3. The van der Waals surface area contributed by atoms with Crippen LogP contribution < -0.4 is 10.3 Å². The second kappa shape index (κ2) is 10.5. The van der Waals surface area contributed by atoms with E-state index in [-0.39, 0.29) is 18.1 Å². The number of ether oxygens (including phenoxy) is 2. The van der Waals surface area contributed by atoms with Crippen LogP contribution in [0.1, 0.15) is 51.4 Å². The zero-order valence-corrected chi connectivity index (χ0v) is 20.1. The number of para-hydroxylation sites is 1. The molecule has 0 fully saturated rings. The van der Waals surface area contributed by atoms with Crippen molar-refractivity contribution >= 4 is 39.0 Å². The minimum Gasteiger partial charge on any atom is -0.478 e. The summed E-state index contributed by atoms with van der Waals surface area (Å²) in [6, 6.07) is 12.6. The molecule has 2 aromatic carbocycles. The number of esters is 1. The summed E-state index contributed by atoms with van der Waals surface area (Å²) in [4.78, 5) is 29.9. The fourth-order valence-electron chi connectivity index (χ4n) is 3.09. The monoisotopic (exact) mass is 499 g/mol. The van der Waals surface area contributed by atoms with Crippen molar-refractivity contribution in [2.24, 2.45) is 5.10 Å². The molecule has 0 amide bonds. The van der Waals surface area contributed by atoms with E-state index in [1.165, 1.54) is 4.68 Å². The Morgan fingerprint density at radius 1 is 1.22 bits per heavy atom. The van der Waals surface area contributed by atoms with Crippen LogP contribution in [0, 0.1) is 0 Å². The van der Waals surface area contributed by atoms with Crippen molar-refractivity contribution < 1.29 is 14.3 Å². The maximum absolute atomic E-state index is 13.3. The standard InChI is InChI=1S/C24H26BrN3O4/c1-5-15(3)22-27-20-12-11-18(25)13-19(20)23(29)28(22)26-14-17-9-7-8-10-21(17)32-16(4)24(30)31-6-2/h7-16H,5-6H2,1-4H3/t15-,16-/m0/s1. The summed E-state index contributed by atoms with van der Waals surface area (Å²) in [5.41, 5.74) is 1.01. The SMILES string of the molecule is CCOC(=O)[C@H](C)Oc1ccccc1C=Nn1c([C@@H](C)CC)nc2ccc(Br)cc2c1=O. The molecular formula is C24H26BrN3O4. The molecule has 3 aromatic rings. The summed E-state index contributed by atoms with van der Waals surface area (Å²) in [5.74, 6) is 0.635. The molecule has 0 spiro atoms. The minimum absolute atomic E-state index is 0.0308. The molecule has 7 nitrogen and oxygen atoms in total. The molecule has 0 aliphatic rings. The second-order valence-corrected chi connectivity index (χ2v) is 8.27. The van der Waals surface area contributed by atoms with Gasteiger partial charge in [0.2, 0.25) is 0 Å². The lowest BCUT2D eigenvalue weighted by atomic mass is 10.1. The molecule has 0 unspecified atom stereocenters. The number of carbonyl (C=O) groups is 1. The highest BCUT2D eigenvalue weighted by Gasteiger charge is 2.18. The number of aromatic nitrogens is 2. The Labute approximate surface area is 195 Å². The third-order valence-electron chi connectivity index (χ3n) is 5.04. The number of benzene rings is 2. The van der Waals surface area contributed by atoms with Crippen LogP contribution in [0.4, 0.5) is 0 Å². The molecule has 0 radical (unpaired) electrons. The number of rotatable bonds is 8. The fraction of sp³-hybridized carbons (Fsp3) is 0.333. The van der Waals surface area contributed by atoms with E-state index in [4.69, 9.17) is 14.5 Å². The van der Waals surface area contributed by atoms with Gasteiger partial charge in [-0.25, -0.2) is 9.78 Å². The van der Waals surface area contributed by atoms with Crippen LogP contribution in [0.15, 0.2) is 56.8 Å². The smallest absolute Gasteiger partial charge is 0.347 e. The number of nitrogens with zero attached hydrogens (tertiary/aromatic N) is 3. The van der Waals surface area contributed by atoms with Gasteiger partial charge in [-0.05, 0) is 50.6 Å². The number of fused-ring (bicyclic) bond motifs is 1. The van der Waals surface area contributed by atoms with Crippen LogP contribution in [-0.4, -0.2) is 34.6 Å². The molecule has 1 heterocycles. The highest BCUT2D eigenvalue weighted by atomic mass is 79.9. The molecule has 0 bridgehead atoms. The van der Waals surface area contributed by atoms with Gasteiger partial charge in [-0.2, -0.15) is 9.78 Å². The van der Waals surface area contributed by atoms with Crippen LogP contribution in [-0.2, 0) is 9.53 Å². The number of halogens is 1. The first-order valence-corrected chi connectivity index (χ1v) is 11.3. The maximum atomic E-state index is 13.3. The van der Waals surface area contributed by atoms with Crippen molar-refractivity contribution in [3.05, 3.63) is 68.7 Å². The quantitative estimate of drug-likeness (QED) is 0.325. The highest BCUT2D eigenvalue weighted by Crippen LogP contribution is 2.22. The maximum Gasteiger partial charge on any atom is 0.347 e. The van der Waals surface area contributed by atoms with Gasteiger partial charge < -0.3 is 9.47 Å². The molecule has 0 N–H and O–H groups in total. The summed E-state index contributed by atoms with van der Waals surface area (Å²) in [7, 11) is 0. The first-order chi connectivity index (χ1) is 15.3. The average Bonchev–Trinajstić information content (AvgIpc) is 2.79. The van der Waals surface area contributed by atoms with Gasteiger partial charge in [0.15, 0.2) is 6.10 Å². The molecule has 0 saturated heterocycles. The molecule has 168 valence electrons. The lowest BCUT2D eigenvalue weighted by Crippen LogP contribution is -2.26. The van der Waals surface area contributed by atoms with Crippen molar-refractivity contribution in [1.82, 2.24) is 9.66 Å². The minimum atomic E-state index is -0.775. The van der Waals surface area contributed by atoms with Crippen LogP contribution in [0.2, 0.25) is 0 Å². The molecular weight excluding hydrogens is 474 g/mol. The summed E-state index contributed by atoms with van der Waals surface area (Å²) < 4.78 is 12.9. The van der Waals surface area contributed by atoms with Crippen LogP contribution in [0.5, 0.6) is 5.75 Å². The Morgan fingerprint density at radius 3 is 2.69 bits per heavy atom. The number of carbonyl (C=O) groups excluding carboxylic acids is 1. The van der Waals surface area contributed by atoms with Crippen molar-refractivity contribution in [2.45, 2.75) is 46.1 Å². The Bertz CT molecular complexity index is 1210. The van der Waals surface area contributed by atoms with Gasteiger partial charge in [-0.1, -0.05) is 41.9 Å². The Hall–Kier alpha value is -3.00. The first-order valence-electron chi connectivity index (χ1n) is 10.5.